The highest BCUT2D eigenvalue weighted by atomic mass is 16.5. The molecule has 0 bridgehead atoms. The van der Waals surface area contributed by atoms with E-state index in [1.165, 1.54) is 28.5 Å². The van der Waals surface area contributed by atoms with Crippen LogP contribution in [0.3, 0.4) is 0 Å². The van der Waals surface area contributed by atoms with Crippen LogP contribution in [-0.4, -0.2) is 17.0 Å². The van der Waals surface area contributed by atoms with E-state index in [1.807, 2.05) is 24.3 Å². The van der Waals surface area contributed by atoms with Gasteiger partial charge in [-0.1, -0.05) is 41.6 Å². The summed E-state index contributed by atoms with van der Waals surface area (Å²) < 4.78 is 4.93. The van der Waals surface area contributed by atoms with Gasteiger partial charge in [0.2, 0.25) is 0 Å². The van der Waals surface area contributed by atoms with E-state index >= 15 is 0 Å². The van der Waals surface area contributed by atoms with Crippen LogP contribution in [0, 0.1) is 6.92 Å². The maximum Gasteiger partial charge on any atom is 0.260 e. The predicted octanol–water partition coefficient (Wildman–Crippen LogP) is 5.06. The van der Waals surface area contributed by atoms with Gasteiger partial charge in [-0.3, -0.25) is 9.59 Å². The Labute approximate surface area is 178 Å². The number of benzene rings is 3. The summed E-state index contributed by atoms with van der Waals surface area (Å²) in [5, 5.41) is 9.34. The third-order valence-electron chi connectivity index (χ3n) is 5.43. The lowest BCUT2D eigenvalue weighted by atomic mass is 10.1. The van der Waals surface area contributed by atoms with Gasteiger partial charge in [0.05, 0.1) is 6.20 Å². The summed E-state index contributed by atoms with van der Waals surface area (Å²) in [5.41, 5.74) is 7.02. The first-order valence-corrected chi connectivity index (χ1v) is 9.94. The Morgan fingerprint density at radius 1 is 0.839 bits per heavy atom. The fourth-order valence-corrected chi connectivity index (χ4v) is 3.88. The van der Waals surface area contributed by atoms with Crippen molar-refractivity contribution in [2.75, 3.05) is 10.6 Å². The number of nitrogens with zero attached hydrogens (tertiary/aromatic N) is 1. The number of hydrogen-bond acceptors (Lipinski definition) is 4. The summed E-state index contributed by atoms with van der Waals surface area (Å²) in [7, 11) is 0. The molecule has 1 heterocycles. The second-order valence-corrected chi connectivity index (χ2v) is 7.49. The van der Waals surface area contributed by atoms with E-state index in [0.717, 1.165) is 12.1 Å². The molecule has 0 aliphatic heterocycles. The Bertz CT molecular complexity index is 1320. The van der Waals surface area contributed by atoms with Crippen molar-refractivity contribution in [1.29, 1.82) is 0 Å². The number of aryl methyl sites for hydroxylation is 1. The molecular weight excluding hydrogens is 390 g/mol. The lowest BCUT2D eigenvalue weighted by molar-refractivity contribution is 0.101. The standard InChI is InChI=1S/C25H19N3O3/c1-15-23(14-26-31-15)25(30)28-19-7-4-6-17(12-19)24(29)27-20-9-10-22-18(13-20)11-16-5-2-3-8-21(16)22/h2-10,12-14H,11H2,1H3,(H,27,29)(H,28,30). The molecule has 0 unspecified atom stereocenters. The van der Waals surface area contributed by atoms with Crippen molar-refractivity contribution >= 4 is 23.2 Å². The summed E-state index contributed by atoms with van der Waals surface area (Å²) in [5.74, 6) is -0.146. The van der Waals surface area contributed by atoms with Gasteiger partial charge >= 0.3 is 0 Å². The van der Waals surface area contributed by atoms with Crippen LogP contribution in [-0.2, 0) is 6.42 Å². The Morgan fingerprint density at radius 3 is 2.45 bits per heavy atom. The van der Waals surface area contributed by atoms with E-state index in [-0.39, 0.29) is 11.8 Å². The van der Waals surface area contributed by atoms with Gasteiger partial charge in [-0.15, -0.1) is 0 Å². The lowest BCUT2D eigenvalue weighted by Crippen LogP contribution is -2.15. The molecule has 0 saturated heterocycles. The first kappa shape index (κ1) is 18.8. The van der Waals surface area contributed by atoms with Crippen LogP contribution >= 0.6 is 0 Å². The molecule has 4 aromatic rings. The van der Waals surface area contributed by atoms with Gasteiger partial charge < -0.3 is 15.2 Å². The van der Waals surface area contributed by atoms with Gasteiger partial charge in [-0.05, 0) is 65.9 Å². The van der Waals surface area contributed by atoms with Crippen molar-refractivity contribution in [3.05, 3.63) is 101 Å². The maximum atomic E-state index is 12.8. The van der Waals surface area contributed by atoms with Crippen LogP contribution in [0.25, 0.3) is 11.1 Å². The molecule has 0 spiro atoms. The van der Waals surface area contributed by atoms with Gasteiger partial charge in [0.15, 0.2) is 0 Å². The largest absolute Gasteiger partial charge is 0.361 e. The fourth-order valence-electron chi connectivity index (χ4n) is 3.88. The third-order valence-corrected chi connectivity index (χ3v) is 5.43. The van der Waals surface area contributed by atoms with Crippen molar-refractivity contribution in [2.24, 2.45) is 0 Å². The van der Waals surface area contributed by atoms with E-state index in [0.29, 0.717) is 22.6 Å². The van der Waals surface area contributed by atoms with Crippen molar-refractivity contribution < 1.29 is 14.1 Å². The average molecular weight is 409 g/mol. The summed E-state index contributed by atoms with van der Waals surface area (Å²) in [6.45, 7) is 1.67. The SMILES string of the molecule is Cc1oncc1C(=O)Nc1cccc(C(=O)Nc2ccc3c(c2)Cc2ccccc2-3)c1. The van der Waals surface area contributed by atoms with Crippen molar-refractivity contribution in [2.45, 2.75) is 13.3 Å². The second kappa shape index (κ2) is 7.57. The molecule has 31 heavy (non-hydrogen) atoms. The van der Waals surface area contributed by atoms with Crippen LogP contribution in [0.2, 0.25) is 0 Å². The van der Waals surface area contributed by atoms with Crippen LogP contribution in [0.4, 0.5) is 11.4 Å². The summed E-state index contributed by atoms with van der Waals surface area (Å²) in [4.78, 5) is 25.2. The van der Waals surface area contributed by atoms with Crippen LogP contribution in [0.15, 0.2) is 77.4 Å². The molecule has 1 aliphatic rings. The summed E-state index contributed by atoms with van der Waals surface area (Å²) in [6.07, 6.45) is 2.23. The van der Waals surface area contributed by atoms with Gasteiger partial charge in [0.1, 0.15) is 11.3 Å². The third kappa shape index (κ3) is 3.59. The number of amides is 2. The molecule has 1 aliphatic carbocycles. The van der Waals surface area contributed by atoms with Gasteiger partial charge in [0.25, 0.3) is 11.8 Å². The van der Waals surface area contributed by atoms with Crippen molar-refractivity contribution in [1.82, 2.24) is 5.16 Å². The first-order valence-electron chi connectivity index (χ1n) is 9.94. The number of carbonyl (C=O) groups excluding carboxylic acids is 2. The molecule has 5 rings (SSSR count). The molecule has 6 heteroatoms. The first-order chi connectivity index (χ1) is 15.1. The molecule has 6 nitrogen and oxygen atoms in total. The average Bonchev–Trinajstić information content (AvgIpc) is 3.36. The zero-order valence-electron chi connectivity index (χ0n) is 16.8. The minimum Gasteiger partial charge on any atom is -0.361 e. The van der Waals surface area contributed by atoms with Crippen molar-refractivity contribution in [3.8, 4) is 11.1 Å². The number of carbonyl (C=O) groups is 2. The van der Waals surface area contributed by atoms with E-state index in [4.69, 9.17) is 4.52 Å². The number of nitrogens with one attached hydrogen (secondary N) is 2. The highest BCUT2D eigenvalue weighted by Gasteiger charge is 2.19. The quantitative estimate of drug-likeness (QED) is 0.435. The van der Waals surface area contributed by atoms with E-state index in [9.17, 15) is 9.59 Å². The highest BCUT2D eigenvalue weighted by Crippen LogP contribution is 2.37. The predicted molar refractivity (Wildman–Crippen MR) is 118 cm³/mol. The number of hydrogen-bond donors (Lipinski definition) is 2. The molecule has 2 N–H and O–H groups in total. The van der Waals surface area contributed by atoms with Crippen LogP contribution in [0.1, 0.15) is 37.6 Å². The number of anilines is 2. The topological polar surface area (TPSA) is 84.2 Å². The van der Waals surface area contributed by atoms with E-state index in [1.54, 1.807) is 31.2 Å². The molecule has 3 aromatic carbocycles. The molecular formula is C25H19N3O3. The Hall–Kier alpha value is -4.19. The number of fused-ring (bicyclic) bond motifs is 3. The molecule has 0 fully saturated rings. The van der Waals surface area contributed by atoms with Crippen molar-refractivity contribution in [3.63, 3.8) is 0 Å². The fraction of sp³-hybridized carbons (Fsp3) is 0.0800. The van der Waals surface area contributed by atoms with Crippen LogP contribution in [0.5, 0.6) is 0 Å². The Balaban J connectivity index is 1.31. The maximum absolute atomic E-state index is 12.8. The number of aromatic nitrogens is 1. The number of rotatable bonds is 4. The van der Waals surface area contributed by atoms with Gasteiger partial charge in [-0.2, -0.15) is 0 Å². The van der Waals surface area contributed by atoms with E-state index < -0.39 is 0 Å². The minimum absolute atomic E-state index is 0.243. The zero-order chi connectivity index (χ0) is 21.4. The monoisotopic (exact) mass is 409 g/mol. The molecule has 152 valence electrons. The minimum atomic E-state index is -0.338. The van der Waals surface area contributed by atoms with Gasteiger partial charge in [-0.25, -0.2) is 0 Å². The lowest BCUT2D eigenvalue weighted by Gasteiger charge is -2.09. The molecule has 0 atom stereocenters. The molecule has 1 aromatic heterocycles. The Morgan fingerprint density at radius 2 is 1.61 bits per heavy atom. The highest BCUT2D eigenvalue weighted by molar-refractivity contribution is 6.07. The summed E-state index contributed by atoms with van der Waals surface area (Å²) >= 11 is 0. The van der Waals surface area contributed by atoms with Gasteiger partial charge in [0, 0.05) is 16.9 Å². The van der Waals surface area contributed by atoms with Crippen LogP contribution < -0.4 is 10.6 Å². The smallest absolute Gasteiger partial charge is 0.260 e. The normalized spacial score (nSPS) is 11.5. The molecule has 0 saturated carbocycles. The summed E-state index contributed by atoms with van der Waals surface area (Å²) in [6, 6.07) is 21.1. The van der Waals surface area contributed by atoms with E-state index in [2.05, 4.69) is 34.0 Å². The zero-order valence-corrected chi connectivity index (χ0v) is 16.8. The Kier molecular flexibility index (Phi) is 4.59. The second-order valence-electron chi connectivity index (χ2n) is 7.49. The molecule has 2 amide bonds. The molecule has 0 radical (unpaired) electrons.